The summed E-state index contributed by atoms with van der Waals surface area (Å²) in [6.07, 6.45) is 4.50. The Balaban J connectivity index is 1.51. The number of amides is 2. The van der Waals surface area contributed by atoms with Crippen LogP contribution in [-0.4, -0.2) is 24.4 Å². The van der Waals surface area contributed by atoms with Crippen LogP contribution in [0.5, 0.6) is 0 Å². The molecule has 3 rings (SSSR count). The van der Waals surface area contributed by atoms with Crippen molar-refractivity contribution in [1.29, 1.82) is 0 Å². The molecule has 0 heterocycles. The van der Waals surface area contributed by atoms with Crippen molar-refractivity contribution in [1.82, 2.24) is 10.6 Å². The molecule has 1 aliphatic carbocycles. The van der Waals surface area contributed by atoms with Gasteiger partial charge in [0.25, 0.3) is 0 Å². The average Bonchev–Trinajstić information content (AvgIpc) is 2.71. The van der Waals surface area contributed by atoms with E-state index >= 15 is 0 Å². The van der Waals surface area contributed by atoms with E-state index in [0.717, 1.165) is 31.4 Å². The highest BCUT2D eigenvalue weighted by Crippen LogP contribution is 2.23. The third-order valence-electron chi connectivity index (χ3n) is 5.18. The average molecular weight is 380 g/mol. The minimum Gasteiger partial charge on any atom is -0.334 e. The summed E-state index contributed by atoms with van der Waals surface area (Å²) in [4.78, 5) is 23.4. The van der Waals surface area contributed by atoms with Crippen molar-refractivity contribution in [3.8, 4) is 0 Å². The Labute approximate surface area is 166 Å². The first-order valence-electron chi connectivity index (χ1n) is 10.0. The van der Waals surface area contributed by atoms with Crippen molar-refractivity contribution in [3.63, 3.8) is 0 Å². The molecule has 0 spiro atoms. The van der Waals surface area contributed by atoms with Gasteiger partial charge in [0.2, 0.25) is 0 Å². The molecular formula is C23H29N3O2. The minimum atomic E-state index is -0.253. The van der Waals surface area contributed by atoms with Crippen molar-refractivity contribution in [2.45, 2.75) is 52.1 Å². The number of anilines is 1. The van der Waals surface area contributed by atoms with Crippen molar-refractivity contribution in [3.05, 3.63) is 64.7 Å². The topological polar surface area (TPSA) is 70.2 Å². The third-order valence-corrected chi connectivity index (χ3v) is 5.18. The van der Waals surface area contributed by atoms with Gasteiger partial charge >= 0.3 is 6.03 Å². The van der Waals surface area contributed by atoms with Gasteiger partial charge in [-0.3, -0.25) is 4.79 Å². The first-order chi connectivity index (χ1) is 13.5. The molecule has 0 saturated heterocycles. The van der Waals surface area contributed by atoms with Gasteiger partial charge in [-0.15, -0.1) is 0 Å². The van der Waals surface area contributed by atoms with Gasteiger partial charge in [0.1, 0.15) is 0 Å². The number of benzene rings is 2. The number of nitrogens with one attached hydrogen (secondary N) is 3. The summed E-state index contributed by atoms with van der Waals surface area (Å²) >= 11 is 0. The SMILES string of the molecule is CCCNC1CCc2cc(CNC(=O)Nc3ccc(C(C)=O)cc3)ccc2C1. The lowest BCUT2D eigenvalue weighted by Gasteiger charge is -2.26. The standard InChI is InChI=1S/C23H29N3O2/c1-3-12-24-22-11-8-19-13-17(4-5-20(19)14-22)15-25-23(28)26-21-9-6-18(7-10-21)16(2)27/h4-7,9-10,13,22,24H,3,8,11-12,14-15H2,1-2H3,(H2,25,26,28). The molecule has 0 saturated carbocycles. The number of urea groups is 1. The molecule has 3 N–H and O–H groups in total. The molecule has 5 nitrogen and oxygen atoms in total. The fourth-order valence-corrected chi connectivity index (χ4v) is 3.59. The maximum Gasteiger partial charge on any atom is 0.319 e. The van der Waals surface area contributed by atoms with Crippen LogP contribution in [-0.2, 0) is 19.4 Å². The van der Waals surface area contributed by atoms with Gasteiger partial charge in [0.05, 0.1) is 0 Å². The molecule has 0 radical (unpaired) electrons. The van der Waals surface area contributed by atoms with Crippen LogP contribution in [0, 0.1) is 0 Å². The highest BCUT2D eigenvalue weighted by atomic mass is 16.2. The Hall–Kier alpha value is -2.66. The summed E-state index contributed by atoms with van der Waals surface area (Å²) < 4.78 is 0. The van der Waals surface area contributed by atoms with Gasteiger partial charge in [-0.1, -0.05) is 25.1 Å². The van der Waals surface area contributed by atoms with E-state index in [1.165, 1.54) is 24.5 Å². The molecule has 148 valence electrons. The Bertz CT molecular complexity index is 830. The largest absolute Gasteiger partial charge is 0.334 e. The van der Waals surface area contributed by atoms with E-state index in [1.807, 2.05) is 0 Å². The summed E-state index contributed by atoms with van der Waals surface area (Å²) in [5, 5.41) is 9.31. The predicted octanol–water partition coefficient (Wildman–Crippen LogP) is 4.07. The highest BCUT2D eigenvalue weighted by Gasteiger charge is 2.18. The molecule has 28 heavy (non-hydrogen) atoms. The summed E-state index contributed by atoms with van der Waals surface area (Å²) in [5.41, 5.74) is 5.22. The normalized spacial score (nSPS) is 15.6. The van der Waals surface area contributed by atoms with E-state index in [-0.39, 0.29) is 11.8 Å². The number of fused-ring (bicyclic) bond motifs is 1. The van der Waals surface area contributed by atoms with Crippen LogP contribution in [0.15, 0.2) is 42.5 Å². The smallest absolute Gasteiger partial charge is 0.319 e. The first-order valence-corrected chi connectivity index (χ1v) is 10.0. The van der Waals surface area contributed by atoms with Crippen molar-refractivity contribution >= 4 is 17.5 Å². The first kappa shape index (κ1) is 20.1. The lowest BCUT2D eigenvalue weighted by Crippen LogP contribution is -2.35. The van der Waals surface area contributed by atoms with E-state index < -0.39 is 0 Å². The molecule has 1 unspecified atom stereocenters. The third kappa shape index (κ3) is 5.42. The minimum absolute atomic E-state index is 0.0101. The second-order valence-corrected chi connectivity index (χ2v) is 7.44. The highest BCUT2D eigenvalue weighted by molar-refractivity contribution is 5.95. The summed E-state index contributed by atoms with van der Waals surface area (Å²) in [5.74, 6) is 0.0101. The van der Waals surface area contributed by atoms with Crippen LogP contribution >= 0.6 is 0 Å². The molecular weight excluding hydrogens is 350 g/mol. The Morgan fingerprint density at radius 2 is 1.86 bits per heavy atom. The molecule has 2 aromatic rings. The molecule has 0 bridgehead atoms. The zero-order valence-corrected chi connectivity index (χ0v) is 16.7. The Morgan fingerprint density at radius 3 is 2.57 bits per heavy atom. The molecule has 0 aliphatic heterocycles. The molecule has 2 aromatic carbocycles. The molecule has 1 aliphatic rings. The second kappa shape index (κ2) is 9.51. The van der Waals surface area contributed by atoms with Crippen LogP contribution in [0.3, 0.4) is 0 Å². The number of hydrogen-bond donors (Lipinski definition) is 3. The zero-order valence-electron chi connectivity index (χ0n) is 16.7. The van der Waals surface area contributed by atoms with E-state index in [9.17, 15) is 9.59 Å². The lowest BCUT2D eigenvalue weighted by atomic mass is 9.87. The zero-order chi connectivity index (χ0) is 19.9. The van der Waals surface area contributed by atoms with Crippen LogP contribution in [0.4, 0.5) is 10.5 Å². The summed E-state index contributed by atoms with van der Waals surface area (Å²) in [6.45, 7) is 5.28. The van der Waals surface area contributed by atoms with Gasteiger partial charge in [0, 0.05) is 23.8 Å². The van der Waals surface area contributed by atoms with E-state index in [0.29, 0.717) is 23.8 Å². The van der Waals surface area contributed by atoms with Crippen LogP contribution < -0.4 is 16.0 Å². The lowest BCUT2D eigenvalue weighted by molar-refractivity contribution is 0.101. The molecule has 5 heteroatoms. The van der Waals surface area contributed by atoms with Crippen molar-refractivity contribution in [2.24, 2.45) is 0 Å². The Kier molecular flexibility index (Phi) is 6.82. The van der Waals surface area contributed by atoms with Crippen molar-refractivity contribution in [2.75, 3.05) is 11.9 Å². The fraction of sp³-hybridized carbons (Fsp3) is 0.391. The monoisotopic (exact) mass is 379 g/mol. The number of Topliss-reactive ketones (excluding diaryl/α,β-unsaturated/α-hetero) is 1. The maximum absolute atomic E-state index is 12.1. The van der Waals surface area contributed by atoms with E-state index in [1.54, 1.807) is 24.3 Å². The summed E-state index contributed by atoms with van der Waals surface area (Å²) in [7, 11) is 0. The van der Waals surface area contributed by atoms with Gasteiger partial charge in [-0.05, 0) is 80.1 Å². The van der Waals surface area contributed by atoms with Crippen LogP contribution in [0.25, 0.3) is 0 Å². The van der Waals surface area contributed by atoms with Gasteiger partial charge in [-0.2, -0.15) is 0 Å². The number of carbonyl (C=O) groups is 2. The Morgan fingerprint density at radius 1 is 1.07 bits per heavy atom. The molecule has 0 fully saturated rings. The molecule has 0 aromatic heterocycles. The second-order valence-electron chi connectivity index (χ2n) is 7.44. The fourth-order valence-electron chi connectivity index (χ4n) is 3.59. The van der Waals surface area contributed by atoms with E-state index in [4.69, 9.17) is 0 Å². The van der Waals surface area contributed by atoms with Gasteiger partial charge < -0.3 is 16.0 Å². The van der Waals surface area contributed by atoms with Crippen LogP contribution in [0.2, 0.25) is 0 Å². The number of aryl methyl sites for hydroxylation is 1. The number of rotatable bonds is 7. The van der Waals surface area contributed by atoms with E-state index in [2.05, 4.69) is 41.1 Å². The predicted molar refractivity (Wildman–Crippen MR) is 113 cm³/mol. The molecule has 2 amide bonds. The van der Waals surface area contributed by atoms with Gasteiger partial charge in [0.15, 0.2) is 5.78 Å². The maximum atomic E-state index is 12.1. The number of carbonyl (C=O) groups excluding carboxylic acids is 2. The molecule has 1 atom stereocenters. The van der Waals surface area contributed by atoms with Crippen molar-refractivity contribution < 1.29 is 9.59 Å². The van der Waals surface area contributed by atoms with Gasteiger partial charge in [-0.25, -0.2) is 4.79 Å². The number of hydrogen-bond acceptors (Lipinski definition) is 3. The number of ketones is 1. The quantitative estimate of drug-likeness (QED) is 0.635. The van der Waals surface area contributed by atoms with Crippen LogP contribution in [0.1, 0.15) is 53.7 Å². The summed E-state index contributed by atoms with van der Waals surface area (Å²) in [6, 6.07) is 13.7.